The number of esters is 2. The fourth-order valence-electron chi connectivity index (χ4n) is 15.0. The van der Waals surface area contributed by atoms with Crippen LogP contribution in [0.3, 0.4) is 0 Å². The van der Waals surface area contributed by atoms with E-state index in [0.717, 1.165) is 23.7 Å². The van der Waals surface area contributed by atoms with Gasteiger partial charge in [-0.25, -0.2) is 0 Å². The predicted molar refractivity (Wildman–Crippen MR) is 148 cm³/mol. The molecule has 10 rings (SSSR count). The Bertz CT molecular complexity index is 1410. The number of fused-ring (bicyclic) bond motifs is 20. The number of benzene rings is 1. The van der Waals surface area contributed by atoms with Gasteiger partial charge in [0.25, 0.3) is 5.69 Å². The molecule has 16 atom stereocenters. The smallest absolute Gasteiger partial charge is 0.302 e. The summed E-state index contributed by atoms with van der Waals surface area (Å²) in [4.78, 5) is 35.1. The molecule has 0 N–H and O–H groups in total. The van der Waals surface area contributed by atoms with E-state index in [4.69, 9.17) is 9.47 Å². The molecule has 0 radical (unpaired) electrons. The molecule has 0 spiro atoms. The van der Waals surface area contributed by atoms with Gasteiger partial charge in [0.05, 0.1) is 18.1 Å². The molecule has 6 bridgehead atoms. The van der Waals surface area contributed by atoms with Crippen molar-refractivity contribution in [2.75, 3.05) is 13.2 Å². The second-order valence-electron chi connectivity index (χ2n) is 15.7. The maximum Gasteiger partial charge on any atom is 0.302 e. The van der Waals surface area contributed by atoms with Gasteiger partial charge in [0.2, 0.25) is 0 Å². The van der Waals surface area contributed by atoms with Crippen LogP contribution in [0.5, 0.6) is 0 Å². The lowest BCUT2D eigenvalue weighted by atomic mass is 9.18. The molecule has 9 aliphatic rings. The minimum absolute atomic E-state index is 0.216. The molecule has 0 aliphatic heterocycles. The summed E-state index contributed by atoms with van der Waals surface area (Å²) in [6.07, 6.45) is 4.94. The van der Waals surface area contributed by atoms with E-state index in [9.17, 15) is 19.7 Å². The molecule has 7 nitrogen and oxygen atoms in total. The molecular weight excluding hydrogens is 518 g/mol. The van der Waals surface area contributed by atoms with Gasteiger partial charge in [0.15, 0.2) is 0 Å². The Morgan fingerprint density at radius 1 is 0.805 bits per heavy atom. The Hall–Kier alpha value is -2.44. The summed E-state index contributed by atoms with van der Waals surface area (Å²) in [6, 6.07) is 5.73. The van der Waals surface area contributed by atoms with E-state index in [1.165, 1.54) is 50.7 Å². The van der Waals surface area contributed by atoms with Crippen molar-refractivity contribution in [3.63, 3.8) is 0 Å². The van der Waals surface area contributed by atoms with Crippen LogP contribution >= 0.6 is 0 Å². The third-order valence-corrected chi connectivity index (χ3v) is 15.5. The number of ether oxygens (including phenoxy) is 2. The van der Waals surface area contributed by atoms with Crippen molar-refractivity contribution in [1.82, 2.24) is 0 Å². The van der Waals surface area contributed by atoms with Crippen LogP contribution in [0.4, 0.5) is 5.69 Å². The highest BCUT2D eigenvalue weighted by atomic mass is 16.6. The zero-order valence-corrected chi connectivity index (χ0v) is 24.5. The second-order valence-corrected chi connectivity index (χ2v) is 15.7. The topological polar surface area (TPSA) is 95.7 Å². The van der Waals surface area contributed by atoms with Crippen LogP contribution in [0.1, 0.15) is 76.3 Å². The van der Waals surface area contributed by atoms with E-state index in [1.54, 1.807) is 6.07 Å². The van der Waals surface area contributed by atoms with E-state index < -0.39 is 0 Å². The molecule has 0 saturated heterocycles. The van der Waals surface area contributed by atoms with Gasteiger partial charge < -0.3 is 9.47 Å². The van der Waals surface area contributed by atoms with Crippen molar-refractivity contribution >= 4 is 17.6 Å². The van der Waals surface area contributed by atoms with Gasteiger partial charge in [-0.05, 0) is 119 Å². The van der Waals surface area contributed by atoms with Gasteiger partial charge in [0.1, 0.15) is 0 Å². The first-order valence-electron chi connectivity index (χ1n) is 16.1. The summed E-state index contributed by atoms with van der Waals surface area (Å²) in [5, 5.41) is 11.6. The maximum atomic E-state index is 11.9. The standard InChI is InChI=1S/C34H41NO6/c1-14(36)40-12-25-18-7-8-19(26(25)13-41-15(2)37)28-24-11-23(27(18)28)31-32(24)34(4)30-22-10-21(29(30)33(31,34)3)17-6-5-16(35(38)39)9-20(17)22/h5-6,9,18-19,21-32H,7-8,10-13H2,1-4H3/t18-,19+,21+,22-,23-,24+,25+,26+,27+,28-,29+,30-,31-,32+,33+,34-/m0/s1. The Labute approximate surface area is 241 Å². The lowest BCUT2D eigenvalue weighted by Gasteiger charge is -2.85. The average Bonchev–Trinajstić information content (AvgIpc) is 3.71. The summed E-state index contributed by atoms with van der Waals surface area (Å²) >= 11 is 0. The van der Waals surface area contributed by atoms with Crippen LogP contribution in [0.25, 0.3) is 0 Å². The van der Waals surface area contributed by atoms with E-state index in [2.05, 4.69) is 19.9 Å². The van der Waals surface area contributed by atoms with Crippen LogP contribution in [0.2, 0.25) is 0 Å². The van der Waals surface area contributed by atoms with E-state index >= 15 is 0 Å². The zero-order chi connectivity index (χ0) is 28.3. The van der Waals surface area contributed by atoms with Crippen LogP contribution in [0.15, 0.2) is 18.2 Å². The Balaban J connectivity index is 1.07. The monoisotopic (exact) mass is 559 g/mol. The molecule has 0 unspecified atom stereocenters. The molecule has 9 aliphatic carbocycles. The van der Waals surface area contributed by atoms with Gasteiger partial charge in [-0.2, -0.15) is 0 Å². The number of nitro groups is 1. The third kappa shape index (κ3) is 2.62. The highest BCUT2D eigenvalue weighted by molar-refractivity contribution is 5.66. The number of hydrogen-bond acceptors (Lipinski definition) is 6. The maximum absolute atomic E-state index is 11.9. The second kappa shape index (κ2) is 7.74. The molecule has 8 saturated carbocycles. The predicted octanol–water partition coefficient (Wildman–Crippen LogP) is 5.96. The lowest BCUT2D eigenvalue weighted by Crippen LogP contribution is -2.81. The van der Waals surface area contributed by atoms with E-state index in [0.29, 0.717) is 71.4 Å². The van der Waals surface area contributed by atoms with E-state index in [1.807, 2.05) is 6.07 Å². The Morgan fingerprint density at radius 3 is 1.80 bits per heavy atom. The van der Waals surface area contributed by atoms with Crippen LogP contribution in [0, 0.1) is 92.0 Å². The van der Waals surface area contributed by atoms with Crippen molar-refractivity contribution in [2.24, 2.45) is 81.8 Å². The molecule has 1 aromatic rings. The summed E-state index contributed by atoms with van der Waals surface area (Å²) in [7, 11) is 0. The summed E-state index contributed by atoms with van der Waals surface area (Å²) in [5.74, 6) is 8.04. The SMILES string of the molecule is CC(=O)OC[C@H]1[C@H](COC(C)=O)[C@@H]2CC[C@H]1[C@H]1[C@H]3C[C@@H]([C@@H]21)[C@H]1[C@@H]3[C@]2(C)[C@@H]3[C@@H]([C@@H]4C[C@H]3c3cc([N+](=O)[O-])ccc34)[C@]12C. The number of carbonyl (C=O) groups excluding carboxylic acids is 2. The number of carbonyl (C=O) groups is 2. The van der Waals surface area contributed by atoms with Gasteiger partial charge >= 0.3 is 11.9 Å². The first-order valence-corrected chi connectivity index (χ1v) is 16.1. The highest BCUT2D eigenvalue weighted by Gasteiger charge is 2.90. The number of rotatable bonds is 5. The zero-order valence-electron chi connectivity index (χ0n) is 24.5. The van der Waals surface area contributed by atoms with Crippen LogP contribution in [-0.4, -0.2) is 30.1 Å². The molecule has 0 heterocycles. The first-order chi connectivity index (χ1) is 19.6. The fourth-order valence-corrected chi connectivity index (χ4v) is 15.0. The molecule has 7 heteroatoms. The van der Waals surface area contributed by atoms with Crippen molar-refractivity contribution in [3.05, 3.63) is 39.4 Å². The van der Waals surface area contributed by atoms with Gasteiger partial charge in [-0.15, -0.1) is 0 Å². The first kappa shape index (κ1) is 25.1. The van der Waals surface area contributed by atoms with Gasteiger partial charge in [-0.3, -0.25) is 19.7 Å². The minimum atomic E-state index is -0.231. The molecule has 0 amide bonds. The molecule has 41 heavy (non-hydrogen) atoms. The largest absolute Gasteiger partial charge is 0.466 e. The average molecular weight is 560 g/mol. The van der Waals surface area contributed by atoms with Gasteiger partial charge in [-0.1, -0.05) is 19.9 Å². The molecule has 1 aromatic carbocycles. The number of nitro benzene ring substituents is 1. The highest BCUT2D eigenvalue weighted by Crippen LogP contribution is 2.95. The third-order valence-electron chi connectivity index (χ3n) is 15.5. The molecule has 8 fully saturated rings. The van der Waals surface area contributed by atoms with Crippen LogP contribution in [-0.2, 0) is 19.1 Å². The number of nitrogens with zero attached hydrogens (tertiary/aromatic N) is 1. The van der Waals surface area contributed by atoms with E-state index in [-0.39, 0.29) is 34.4 Å². The van der Waals surface area contributed by atoms with Gasteiger partial charge in [0, 0.05) is 37.8 Å². The summed E-state index contributed by atoms with van der Waals surface area (Å²) in [6.45, 7) is 9.17. The lowest BCUT2D eigenvalue weighted by molar-refractivity contribution is -0.385. The van der Waals surface area contributed by atoms with Crippen molar-refractivity contribution in [3.8, 4) is 0 Å². The number of non-ortho nitro benzene ring substituents is 1. The fraction of sp³-hybridized carbons (Fsp3) is 0.765. The van der Waals surface area contributed by atoms with Crippen molar-refractivity contribution < 1.29 is 24.0 Å². The van der Waals surface area contributed by atoms with Crippen LogP contribution < -0.4 is 0 Å². The Morgan fingerprint density at radius 2 is 1.32 bits per heavy atom. The molecule has 0 aromatic heterocycles. The minimum Gasteiger partial charge on any atom is -0.466 e. The van der Waals surface area contributed by atoms with Crippen molar-refractivity contribution in [1.29, 1.82) is 0 Å². The Kier molecular flexibility index (Phi) is 4.73. The number of hydrogen-bond donors (Lipinski definition) is 0. The quantitative estimate of drug-likeness (QED) is 0.191. The summed E-state index contributed by atoms with van der Waals surface area (Å²) in [5.41, 5.74) is 3.60. The summed E-state index contributed by atoms with van der Waals surface area (Å²) < 4.78 is 11.3. The molecule has 218 valence electrons. The van der Waals surface area contributed by atoms with Crippen molar-refractivity contribution in [2.45, 2.75) is 65.2 Å². The molecular formula is C34H41NO6. The normalized spacial score (nSPS) is 53.3.